The molecule has 0 saturated heterocycles. The van der Waals surface area contributed by atoms with Crippen LogP contribution in [-0.2, 0) is 0 Å². The van der Waals surface area contributed by atoms with Crippen molar-refractivity contribution in [2.75, 3.05) is 5.75 Å². The van der Waals surface area contributed by atoms with E-state index in [0.29, 0.717) is 5.04 Å². The topological polar surface area (TPSA) is 23.9 Å². The van der Waals surface area contributed by atoms with Crippen LogP contribution in [-0.4, -0.2) is 10.8 Å². The van der Waals surface area contributed by atoms with E-state index in [1.165, 1.54) is 5.57 Å². The van der Waals surface area contributed by atoms with Crippen LogP contribution >= 0.6 is 11.8 Å². The summed E-state index contributed by atoms with van der Waals surface area (Å²) in [4.78, 5) is 0. The molecule has 1 N–H and O–H groups in total. The molecule has 1 nitrogen and oxygen atoms in total. The summed E-state index contributed by atoms with van der Waals surface area (Å²) in [6, 6.07) is 0. The van der Waals surface area contributed by atoms with Crippen LogP contribution in [0.1, 0.15) is 27.2 Å². The first kappa shape index (κ1) is 9.76. The third kappa shape index (κ3) is 5.89. The second kappa shape index (κ2) is 5.54. The van der Waals surface area contributed by atoms with Gasteiger partial charge in [0.2, 0.25) is 0 Å². The van der Waals surface area contributed by atoms with Gasteiger partial charge in [0.1, 0.15) is 0 Å². The Morgan fingerprint density at radius 3 is 2.50 bits per heavy atom. The van der Waals surface area contributed by atoms with Gasteiger partial charge in [0, 0.05) is 0 Å². The van der Waals surface area contributed by atoms with Gasteiger partial charge < -0.3 is 0 Å². The summed E-state index contributed by atoms with van der Waals surface area (Å²) in [5, 5.41) is 8.09. The van der Waals surface area contributed by atoms with Crippen molar-refractivity contribution in [3.8, 4) is 0 Å². The zero-order chi connectivity index (χ0) is 7.98. The third-order valence-corrected chi connectivity index (χ3v) is 1.92. The Hall–Kier alpha value is -0.240. The fourth-order valence-corrected chi connectivity index (χ4v) is 1.26. The maximum atomic E-state index is 7.41. The molecule has 0 aromatic carbocycles. The van der Waals surface area contributed by atoms with Crippen LogP contribution in [0.4, 0.5) is 0 Å². The van der Waals surface area contributed by atoms with E-state index in [9.17, 15) is 0 Å². The lowest BCUT2D eigenvalue weighted by Gasteiger charge is -1.95. The van der Waals surface area contributed by atoms with Crippen molar-refractivity contribution in [3.05, 3.63) is 11.6 Å². The molecule has 0 aliphatic heterocycles. The monoisotopic (exact) mass is 157 g/mol. The first-order valence-corrected chi connectivity index (χ1v) is 4.51. The molecule has 58 valence electrons. The highest BCUT2D eigenvalue weighted by molar-refractivity contribution is 8.14. The Labute approximate surface area is 67.4 Å². The van der Waals surface area contributed by atoms with Crippen LogP contribution in [0.15, 0.2) is 11.6 Å². The molecule has 0 aliphatic rings. The minimum Gasteiger partial charge on any atom is -0.294 e. The van der Waals surface area contributed by atoms with E-state index in [1.54, 1.807) is 11.8 Å². The fourth-order valence-electron chi connectivity index (χ4n) is 0.516. The molecule has 0 bridgehead atoms. The molecule has 10 heavy (non-hydrogen) atoms. The molecule has 0 aromatic rings. The molecule has 0 spiro atoms. The largest absolute Gasteiger partial charge is 0.294 e. The predicted molar refractivity (Wildman–Crippen MR) is 49.9 cm³/mol. The summed E-state index contributed by atoms with van der Waals surface area (Å²) in [7, 11) is 0. The Kier molecular flexibility index (Phi) is 5.40. The van der Waals surface area contributed by atoms with Gasteiger partial charge in [-0.2, -0.15) is 0 Å². The summed E-state index contributed by atoms with van der Waals surface area (Å²) >= 11 is 1.61. The number of hydrogen-bond donors (Lipinski definition) is 1. The van der Waals surface area contributed by atoms with E-state index >= 15 is 0 Å². The molecule has 0 aliphatic carbocycles. The minimum absolute atomic E-state index is 0.682. The highest BCUT2D eigenvalue weighted by atomic mass is 32.2. The quantitative estimate of drug-likeness (QED) is 0.494. The lowest BCUT2D eigenvalue weighted by Crippen LogP contribution is -1.86. The van der Waals surface area contributed by atoms with Crippen LogP contribution in [0.25, 0.3) is 0 Å². The van der Waals surface area contributed by atoms with E-state index in [4.69, 9.17) is 5.41 Å². The van der Waals surface area contributed by atoms with E-state index in [-0.39, 0.29) is 0 Å². The molecule has 0 heterocycles. The first-order valence-electron chi connectivity index (χ1n) is 3.53. The minimum atomic E-state index is 0.682. The molecule has 0 amide bonds. The van der Waals surface area contributed by atoms with Crippen molar-refractivity contribution in [1.82, 2.24) is 0 Å². The summed E-state index contributed by atoms with van der Waals surface area (Å²) in [6.45, 7) is 6.16. The van der Waals surface area contributed by atoms with E-state index < -0.39 is 0 Å². The second-order valence-corrected chi connectivity index (χ2v) is 3.57. The number of thioether (sulfide) groups is 1. The highest BCUT2D eigenvalue weighted by Gasteiger charge is 1.90. The van der Waals surface area contributed by atoms with Crippen molar-refractivity contribution in [2.24, 2.45) is 0 Å². The van der Waals surface area contributed by atoms with Crippen LogP contribution in [0.2, 0.25) is 0 Å². The number of rotatable bonds is 3. The average Bonchev–Trinajstić information content (AvgIpc) is 1.82. The Balaban J connectivity index is 3.54. The molecular weight excluding hydrogens is 142 g/mol. The summed E-state index contributed by atoms with van der Waals surface area (Å²) in [5.41, 5.74) is 1.20. The van der Waals surface area contributed by atoms with Crippen LogP contribution < -0.4 is 0 Å². The number of hydrogen-bond acceptors (Lipinski definition) is 2. The molecule has 0 radical (unpaired) electrons. The van der Waals surface area contributed by atoms with Crippen molar-refractivity contribution in [2.45, 2.75) is 27.2 Å². The summed E-state index contributed by atoms with van der Waals surface area (Å²) < 4.78 is 0. The third-order valence-electron chi connectivity index (χ3n) is 0.881. The lowest BCUT2D eigenvalue weighted by molar-refractivity contribution is 1.11. The second-order valence-electron chi connectivity index (χ2n) is 2.43. The fraction of sp³-hybridized carbons (Fsp3) is 0.625. The highest BCUT2D eigenvalue weighted by Crippen LogP contribution is 2.06. The van der Waals surface area contributed by atoms with Crippen molar-refractivity contribution in [3.63, 3.8) is 0 Å². The molecule has 0 unspecified atom stereocenters. The SMILES string of the molecule is CCCSC(=N)C=C(C)C. The van der Waals surface area contributed by atoms with Crippen LogP contribution in [0.3, 0.4) is 0 Å². The first-order chi connectivity index (χ1) is 4.66. The summed E-state index contributed by atoms with van der Waals surface area (Å²) in [6.07, 6.45) is 3.05. The normalized spacial score (nSPS) is 9.10. The van der Waals surface area contributed by atoms with Gasteiger partial charge in [0.15, 0.2) is 0 Å². The molecular formula is C8H15NS. The van der Waals surface area contributed by atoms with Gasteiger partial charge in [0.05, 0.1) is 5.04 Å². The maximum Gasteiger partial charge on any atom is 0.0869 e. The standard InChI is InChI=1S/C8H15NS/c1-4-5-10-8(9)6-7(2)3/h6,9H,4-5H2,1-3H3. The van der Waals surface area contributed by atoms with Crippen molar-refractivity contribution in [1.29, 1.82) is 5.41 Å². The summed E-state index contributed by atoms with van der Waals surface area (Å²) in [5.74, 6) is 1.06. The van der Waals surface area contributed by atoms with E-state index in [2.05, 4.69) is 6.92 Å². The van der Waals surface area contributed by atoms with Crippen LogP contribution in [0, 0.1) is 5.41 Å². The predicted octanol–water partition coefficient (Wildman–Crippen LogP) is 3.07. The van der Waals surface area contributed by atoms with Gasteiger partial charge >= 0.3 is 0 Å². The average molecular weight is 157 g/mol. The lowest BCUT2D eigenvalue weighted by atomic mass is 10.3. The van der Waals surface area contributed by atoms with Gasteiger partial charge in [0.25, 0.3) is 0 Å². The Morgan fingerprint density at radius 1 is 1.50 bits per heavy atom. The van der Waals surface area contributed by atoms with Gasteiger partial charge in [-0.3, -0.25) is 5.41 Å². The molecule has 0 fully saturated rings. The Morgan fingerprint density at radius 2 is 2.10 bits per heavy atom. The van der Waals surface area contributed by atoms with Crippen LogP contribution in [0.5, 0.6) is 0 Å². The molecule has 0 aromatic heterocycles. The zero-order valence-corrected chi connectivity index (χ0v) is 7.72. The molecule has 0 atom stereocenters. The molecule has 2 heteroatoms. The zero-order valence-electron chi connectivity index (χ0n) is 6.90. The number of nitrogens with one attached hydrogen (secondary N) is 1. The van der Waals surface area contributed by atoms with Gasteiger partial charge in [-0.1, -0.05) is 12.5 Å². The van der Waals surface area contributed by atoms with Gasteiger partial charge in [-0.05, 0) is 32.1 Å². The number of allylic oxidation sites excluding steroid dienone is 1. The van der Waals surface area contributed by atoms with Gasteiger partial charge in [-0.25, -0.2) is 0 Å². The molecule has 0 saturated carbocycles. The van der Waals surface area contributed by atoms with E-state index in [1.807, 2.05) is 19.9 Å². The molecule has 0 rings (SSSR count). The van der Waals surface area contributed by atoms with Crippen molar-refractivity contribution < 1.29 is 0 Å². The smallest absolute Gasteiger partial charge is 0.0869 e. The van der Waals surface area contributed by atoms with E-state index in [0.717, 1.165) is 12.2 Å². The van der Waals surface area contributed by atoms with Crippen molar-refractivity contribution >= 4 is 16.8 Å². The maximum absolute atomic E-state index is 7.41. The Bertz CT molecular complexity index is 134. The van der Waals surface area contributed by atoms with Gasteiger partial charge in [-0.15, -0.1) is 11.8 Å².